The zero-order valence-electron chi connectivity index (χ0n) is 14.5. The van der Waals surface area contributed by atoms with Crippen LogP contribution in [-0.4, -0.2) is 48.1 Å². The maximum Gasteiger partial charge on any atom is 0.179 e. The van der Waals surface area contributed by atoms with Gasteiger partial charge in [-0.05, 0) is 0 Å². The second kappa shape index (κ2) is 12.8. The van der Waals surface area contributed by atoms with Crippen molar-refractivity contribution >= 4 is 40.9 Å². The maximum absolute atomic E-state index is 10.9. The van der Waals surface area contributed by atoms with E-state index in [1.54, 1.807) is 29.2 Å². The molecule has 3 rings (SSSR count). The van der Waals surface area contributed by atoms with Crippen LogP contribution in [0.15, 0.2) is 37.2 Å². The number of aldehydes is 1. The lowest BCUT2D eigenvalue weighted by Crippen LogP contribution is -3.00. The van der Waals surface area contributed by atoms with Crippen molar-refractivity contribution in [3.05, 3.63) is 48.6 Å². The Kier molecular flexibility index (Phi) is 11.6. The standard InChI is InChI=1S/C8H7N3O.C6H7N3O.C2H3ClO.HI/c1-6(12)7-5-11-3-2-9-8(11)4-10-7;1-4(10)5-2-9-6(7)3-8-5;3-1-2-4;/h2-5H,1H3;2-3H,1H3,(H2,7,9);2H,1H2;1H/p-1. The number of halogens is 2. The van der Waals surface area contributed by atoms with Crippen LogP contribution in [0.1, 0.15) is 34.8 Å². The summed E-state index contributed by atoms with van der Waals surface area (Å²) < 4.78 is 1.77. The van der Waals surface area contributed by atoms with Crippen LogP contribution >= 0.6 is 11.6 Å². The molecule has 0 radical (unpaired) electrons. The number of carbonyl (C=O) groups is 3. The second-order valence-electron chi connectivity index (χ2n) is 4.73. The molecule has 0 aliphatic carbocycles. The number of imidazole rings is 1. The van der Waals surface area contributed by atoms with E-state index < -0.39 is 0 Å². The molecular formula is C16H17ClIN6O3-. The third kappa shape index (κ3) is 8.64. The molecular weight excluding hydrogens is 487 g/mol. The van der Waals surface area contributed by atoms with E-state index in [0.717, 1.165) is 5.65 Å². The van der Waals surface area contributed by atoms with Gasteiger partial charge in [0.1, 0.15) is 23.5 Å². The molecule has 0 unspecified atom stereocenters. The Balaban J connectivity index is 0.000000412. The Hall–Kier alpha value is -2.47. The van der Waals surface area contributed by atoms with Crippen LogP contribution in [0, 0.1) is 0 Å². The van der Waals surface area contributed by atoms with Crippen molar-refractivity contribution in [1.82, 2.24) is 24.3 Å². The van der Waals surface area contributed by atoms with Crippen LogP contribution in [0.25, 0.3) is 5.65 Å². The molecule has 0 aliphatic heterocycles. The van der Waals surface area contributed by atoms with Crippen LogP contribution in [-0.2, 0) is 4.79 Å². The second-order valence-corrected chi connectivity index (χ2v) is 5.03. The number of anilines is 1. The first-order chi connectivity index (χ1) is 12.4. The minimum absolute atomic E-state index is 0. The number of rotatable bonds is 3. The molecule has 0 bridgehead atoms. The van der Waals surface area contributed by atoms with E-state index in [1.807, 2.05) is 0 Å². The lowest BCUT2D eigenvalue weighted by molar-refractivity contribution is -0.105. The monoisotopic (exact) mass is 503 g/mol. The minimum atomic E-state index is -0.104. The summed E-state index contributed by atoms with van der Waals surface area (Å²) in [4.78, 5) is 46.0. The largest absolute Gasteiger partial charge is 1.00 e. The fourth-order valence-electron chi connectivity index (χ4n) is 1.53. The van der Waals surface area contributed by atoms with Gasteiger partial charge in [-0.3, -0.25) is 9.59 Å². The zero-order valence-corrected chi connectivity index (χ0v) is 17.5. The Morgan fingerprint density at radius 1 is 1.07 bits per heavy atom. The van der Waals surface area contributed by atoms with Gasteiger partial charge in [-0.1, -0.05) is 0 Å². The molecule has 0 aliphatic rings. The van der Waals surface area contributed by atoms with E-state index in [2.05, 4.69) is 19.9 Å². The molecule has 144 valence electrons. The first-order valence-electron chi connectivity index (χ1n) is 7.26. The number of ketones is 2. The number of carbonyl (C=O) groups excluding carboxylic acids is 3. The Morgan fingerprint density at radius 3 is 2.15 bits per heavy atom. The molecule has 0 amide bonds. The highest BCUT2D eigenvalue weighted by Crippen LogP contribution is 2.00. The molecule has 0 atom stereocenters. The molecule has 0 saturated heterocycles. The number of nitrogen functional groups attached to an aromatic ring is 1. The topological polar surface area (TPSA) is 133 Å². The SMILES string of the molecule is CC(=O)c1cn2ccnc2cn1.CC(=O)c1cnc(N)cn1.O=CCCl.[I-]. The lowest BCUT2D eigenvalue weighted by Gasteiger charge is -1.95. The summed E-state index contributed by atoms with van der Waals surface area (Å²) in [5.41, 5.74) is 6.79. The molecule has 11 heteroatoms. The molecule has 0 saturated carbocycles. The van der Waals surface area contributed by atoms with E-state index in [1.165, 1.54) is 26.2 Å². The number of fused-ring (bicyclic) bond motifs is 1. The van der Waals surface area contributed by atoms with Crippen LogP contribution in [0.3, 0.4) is 0 Å². The van der Waals surface area contributed by atoms with Crippen molar-refractivity contribution in [2.75, 3.05) is 11.6 Å². The van der Waals surface area contributed by atoms with Crippen molar-refractivity contribution < 1.29 is 38.4 Å². The van der Waals surface area contributed by atoms with Gasteiger partial charge in [0.15, 0.2) is 17.2 Å². The highest BCUT2D eigenvalue weighted by atomic mass is 127. The predicted octanol–water partition coefficient (Wildman–Crippen LogP) is -1.38. The zero-order chi connectivity index (χ0) is 19.5. The Bertz CT molecular complexity index is 885. The van der Waals surface area contributed by atoms with Crippen LogP contribution < -0.4 is 29.7 Å². The maximum atomic E-state index is 10.9. The number of hydrogen-bond acceptors (Lipinski definition) is 8. The smallest absolute Gasteiger partial charge is 0.179 e. The number of hydrogen-bond donors (Lipinski definition) is 1. The number of aromatic nitrogens is 5. The lowest BCUT2D eigenvalue weighted by atomic mass is 10.3. The summed E-state index contributed by atoms with van der Waals surface area (Å²) in [6.07, 6.45) is 10.1. The van der Waals surface area contributed by atoms with E-state index in [0.29, 0.717) is 23.5 Å². The molecule has 0 fully saturated rings. The normalized spacial score (nSPS) is 9.00. The highest BCUT2D eigenvalue weighted by molar-refractivity contribution is 6.24. The van der Waals surface area contributed by atoms with Gasteiger partial charge >= 0.3 is 0 Å². The van der Waals surface area contributed by atoms with Crippen LogP contribution in [0.2, 0.25) is 0 Å². The summed E-state index contributed by atoms with van der Waals surface area (Å²) in [5, 5.41) is 0. The molecule has 27 heavy (non-hydrogen) atoms. The number of nitrogens with two attached hydrogens (primary N) is 1. The van der Waals surface area contributed by atoms with Gasteiger partial charge in [0.2, 0.25) is 0 Å². The highest BCUT2D eigenvalue weighted by Gasteiger charge is 2.01. The van der Waals surface area contributed by atoms with Gasteiger partial charge in [0.25, 0.3) is 0 Å². The number of Topliss-reactive ketones (excluding diaryl/α,β-unsaturated/α-hetero) is 2. The third-order valence-corrected chi connectivity index (χ3v) is 2.86. The predicted molar refractivity (Wildman–Crippen MR) is 96.2 cm³/mol. The molecule has 2 N–H and O–H groups in total. The van der Waals surface area contributed by atoms with Gasteiger partial charge in [-0.25, -0.2) is 19.9 Å². The number of nitrogens with zero attached hydrogens (tertiary/aromatic N) is 5. The first-order valence-corrected chi connectivity index (χ1v) is 7.80. The summed E-state index contributed by atoms with van der Waals surface area (Å²) in [7, 11) is 0. The van der Waals surface area contributed by atoms with E-state index in [9.17, 15) is 9.59 Å². The van der Waals surface area contributed by atoms with E-state index in [4.69, 9.17) is 22.1 Å². The third-order valence-electron chi connectivity index (χ3n) is 2.74. The summed E-state index contributed by atoms with van der Waals surface area (Å²) >= 11 is 4.82. The molecule has 9 nitrogen and oxygen atoms in total. The van der Waals surface area contributed by atoms with Crippen LogP contribution in [0.4, 0.5) is 5.82 Å². The van der Waals surface area contributed by atoms with Crippen molar-refractivity contribution in [2.45, 2.75) is 13.8 Å². The summed E-state index contributed by atoms with van der Waals surface area (Å²) in [5.74, 6) is 0.295. The number of alkyl halides is 1. The van der Waals surface area contributed by atoms with Crippen molar-refractivity contribution in [1.29, 1.82) is 0 Å². The van der Waals surface area contributed by atoms with Crippen LogP contribution in [0.5, 0.6) is 0 Å². The molecule has 3 heterocycles. The van der Waals surface area contributed by atoms with E-state index >= 15 is 0 Å². The van der Waals surface area contributed by atoms with Crippen molar-refractivity contribution in [3.8, 4) is 0 Å². The Labute approximate surface area is 177 Å². The fourth-order valence-corrected chi connectivity index (χ4v) is 1.53. The summed E-state index contributed by atoms with van der Waals surface area (Å²) in [6, 6.07) is 0. The van der Waals surface area contributed by atoms with Gasteiger partial charge < -0.3 is 38.9 Å². The first kappa shape index (κ1) is 24.5. The van der Waals surface area contributed by atoms with Gasteiger partial charge in [0, 0.05) is 32.4 Å². The van der Waals surface area contributed by atoms with Crippen molar-refractivity contribution in [3.63, 3.8) is 0 Å². The Morgan fingerprint density at radius 2 is 1.67 bits per heavy atom. The molecule has 3 aromatic heterocycles. The average molecular weight is 504 g/mol. The quantitative estimate of drug-likeness (QED) is 0.200. The molecule has 0 spiro atoms. The van der Waals surface area contributed by atoms with E-state index in [-0.39, 0.29) is 41.4 Å². The molecule has 3 aromatic rings. The van der Waals surface area contributed by atoms with Gasteiger partial charge in [-0.15, -0.1) is 11.6 Å². The van der Waals surface area contributed by atoms with Crippen molar-refractivity contribution in [2.24, 2.45) is 0 Å². The fraction of sp³-hybridized carbons (Fsp3) is 0.188. The summed E-state index contributed by atoms with van der Waals surface area (Å²) in [6.45, 7) is 2.92. The minimum Gasteiger partial charge on any atom is -1.00 e. The average Bonchev–Trinajstić information content (AvgIpc) is 3.10. The van der Waals surface area contributed by atoms with Gasteiger partial charge in [0.05, 0.1) is 24.5 Å². The van der Waals surface area contributed by atoms with Gasteiger partial charge in [-0.2, -0.15) is 0 Å². The molecule has 0 aromatic carbocycles.